The third-order valence-corrected chi connectivity index (χ3v) is 3.40. The monoisotopic (exact) mass is 229 g/mol. The molecule has 1 atom stereocenters. The van der Waals surface area contributed by atoms with Gasteiger partial charge in [0.15, 0.2) is 0 Å². The highest BCUT2D eigenvalue weighted by atomic mass is 16.5. The first-order valence-corrected chi connectivity index (χ1v) is 5.73. The summed E-state index contributed by atoms with van der Waals surface area (Å²) < 4.78 is 7.49. The van der Waals surface area contributed by atoms with Crippen LogP contribution >= 0.6 is 0 Å². The molecule has 88 valence electrons. The predicted molar refractivity (Wildman–Crippen MR) is 66.1 cm³/mol. The molecule has 0 aliphatic carbocycles. The quantitative estimate of drug-likeness (QED) is 0.801. The van der Waals surface area contributed by atoms with Crippen LogP contribution in [0.15, 0.2) is 30.7 Å². The van der Waals surface area contributed by atoms with Crippen LogP contribution in [0, 0.1) is 0 Å². The fourth-order valence-corrected chi connectivity index (χ4v) is 2.49. The van der Waals surface area contributed by atoms with Crippen molar-refractivity contribution in [3.8, 4) is 5.75 Å². The number of hydrogen-bond donors (Lipinski definition) is 1. The van der Waals surface area contributed by atoms with Gasteiger partial charge in [0.05, 0.1) is 25.2 Å². The molecule has 0 radical (unpaired) electrons. The number of hydrogen-bond acceptors (Lipinski definition) is 3. The van der Waals surface area contributed by atoms with Crippen LogP contribution in [0.4, 0.5) is 5.69 Å². The van der Waals surface area contributed by atoms with Crippen molar-refractivity contribution in [2.24, 2.45) is 0 Å². The van der Waals surface area contributed by atoms with Gasteiger partial charge in [-0.25, -0.2) is 4.98 Å². The molecule has 0 saturated carbocycles. The number of benzene rings is 1. The molecule has 3 rings (SSSR count). The van der Waals surface area contributed by atoms with Crippen molar-refractivity contribution >= 4 is 5.69 Å². The Labute approximate surface area is 100 Å². The van der Waals surface area contributed by atoms with Crippen LogP contribution in [-0.2, 0) is 6.42 Å². The van der Waals surface area contributed by atoms with E-state index in [2.05, 4.69) is 15.6 Å². The average molecular weight is 229 g/mol. The molecule has 2 heterocycles. The van der Waals surface area contributed by atoms with E-state index in [4.69, 9.17) is 10.5 Å². The Morgan fingerprint density at radius 1 is 1.47 bits per heavy atom. The Morgan fingerprint density at radius 3 is 3.18 bits per heavy atom. The minimum Gasteiger partial charge on any atom is -0.495 e. The molecule has 1 aliphatic heterocycles. The molecule has 4 heteroatoms. The number of methoxy groups -OCH3 is 1. The minimum absolute atomic E-state index is 0.363. The Balaban J connectivity index is 2.01. The first kappa shape index (κ1) is 10.2. The maximum absolute atomic E-state index is 5.83. The lowest BCUT2D eigenvalue weighted by molar-refractivity contribution is 0.415. The van der Waals surface area contributed by atoms with E-state index in [0.29, 0.717) is 11.7 Å². The summed E-state index contributed by atoms with van der Waals surface area (Å²) in [4.78, 5) is 4.19. The van der Waals surface area contributed by atoms with Crippen molar-refractivity contribution < 1.29 is 4.74 Å². The second-order valence-electron chi connectivity index (χ2n) is 4.35. The van der Waals surface area contributed by atoms with E-state index in [1.807, 2.05) is 24.7 Å². The van der Waals surface area contributed by atoms with Crippen LogP contribution in [0.25, 0.3) is 0 Å². The summed E-state index contributed by atoms with van der Waals surface area (Å²) in [5.41, 5.74) is 9.04. The Kier molecular flexibility index (Phi) is 2.28. The van der Waals surface area contributed by atoms with Gasteiger partial charge in [0.25, 0.3) is 0 Å². The molecule has 0 spiro atoms. The number of aromatic nitrogens is 2. The summed E-state index contributed by atoms with van der Waals surface area (Å²) in [6.07, 6.45) is 6.03. The molecule has 2 N–H and O–H groups in total. The number of nitrogens with zero attached hydrogens (tertiary/aromatic N) is 2. The topological polar surface area (TPSA) is 53.1 Å². The van der Waals surface area contributed by atoms with E-state index in [1.165, 1.54) is 11.3 Å². The van der Waals surface area contributed by atoms with Gasteiger partial charge in [-0.3, -0.25) is 0 Å². The highest BCUT2D eigenvalue weighted by Crippen LogP contribution is 2.34. The fourth-order valence-electron chi connectivity index (χ4n) is 2.49. The van der Waals surface area contributed by atoms with Gasteiger partial charge in [-0.1, -0.05) is 6.07 Å². The number of rotatable bonds is 2. The van der Waals surface area contributed by atoms with Gasteiger partial charge in [0, 0.05) is 11.9 Å². The lowest BCUT2D eigenvalue weighted by Gasteiger charge is -2.15. The molecule has 1 aromatic heterocycles. The normalized spacial score (nSPS) is 18.1. The van der Waals surface area contributed by atoms with Gasteiger partial charge >= 0.3 is 0 Å². The molecule has 2 aromatic rings. The Bertz CT molecular complexity index is 547. The van der Waals surface area contributed by atoms with E-state index in [0.717, 1.165) is 18.6 Å². The summed E-state index contributed by atoms with van der Waals surface area (Å²) in [5, 5.41) is 0. The van der Waals surface area contributed by atoms with Gasteiger partial charge in [0.2, 0.25) is 0 Å². The molecule has 17 heavy (non-hydrogen) atoms. The summed E-state index contributed by atoms with van der Waals surface area (Å²) in [6, 6.07) is 6.36. The molecule has 1 aliphatic rings. The highest BCUT2D eigenvalue weighted by Gasteiger charge is 2.23. The molecular formula is C13H15N3O. The SMILES string of the molecule is COc1cc(C2CCc3cncn32)ccc1N. The van der Waals surface area contributed by atoms with E-state index in [9.17, 15) is 0 Å². The van der Waals surface area contributed by atoms with Crippen molar-refractivity contribution in [1.82, 2.24) is 9.55 Å². The second kappa shape index (κ2) is 3.80. The standard InChI is InChI=1S/C13H15N3O/c1-17-13-6-9(2-4-11(13)14)12-5-3-10-7-15-8-16(10)12/h2,4,6-8,12H,3,5,14H2,1H3. The zero-order chi connectivity index (χ0) is 11.8. The zero-order valence-corrected chi connectivity index (χ0v) is 9.76. The van der Waals surface area contributed by atoms with Crippen LogP contribution in [0.1, 0.15) is 23.7 Å². The lowest BCUT2D eigenvalue weighted by Crippen LogP contribution is -2.05. The van der Waals surface area contributed by atoms with E-state index in [1.54, 1.807) is 7.11 Å². The number of anilines is 1. The number of imidazole rings is 1. The van der Waals surface area contributed by atoms with Gasteiger partial charge in [-0.15, -0.1) is 0 Å². The maximum Gasteiger partial charge on any atom is 0.142 e. The first-order valence-electron chi connectivity index (χ1n) is 5.73. The van der Waals surface area contributed by atoms with E-state index < -0.39 is 0 Å². The predicted octanol–water partition coefficient (Wildman–Crippen LogP) is 2.01. The summed E-state index contributed by atoms with van der Waals surface area (Å²) in [5.74, 6) is 0.746. The molecule has 0 amide bonds. The third kappa shape index (κ3) is 1.56. The molecule has 0 bridgehead atoms. The Hall–Kier alpha value is -1.97. The van der Waals surface area contributed by atoms with Gasteiger partial charge in [0.1, 0.15) is 5.75 Å². The van der Waals surface area contributed by atoms with Gasteiger partial charge in [-0.05, 0) is 30.5 Å². The largest absolute Gasteiger partial charge is 0.495 e. The molecular weight excluding hydrogens is 214 g/mol. The smallest absolute Gasteiger partial charge is 0.142 e. The molecule has 0 fully saturated rings. The van der Waals surface area contributed by atoms with Crippen molar-refractivity contribution in [2.45, 2.75) is 18.9 Å². The molecule has 1 aromatic carbocycles. The summed E-state index contributed by atoms with van der Waals surface area (Å²) >= 11 is 0. The van der Waals surface area contributed by atoms with Gasteiger partial charge in [-0.2, -0.15) is 0 Å². The lowest BCUT2D eigenvalue weighted by atomic mass is 10.0. The molecule has 4 nitrogen and oxygen atoms in total. The van der Waals surface area contributed by atoms with Crippen LogP contribution in [0.2, 0.25) is 0 Å². The highest BCUT2D eigenvalue weighted by molar-refractivity contribution is 5.54. The van der Waals surface area contributed by atoms with Crippen molar-refractivity contribution in [2.75, 3.05) is 12.8 Å². The maximum atomic E-state index is 5.83. The summed E-state index contributed by atoms with van der Waals surface area (Å²) in [7, 11) is 1.65. The van der Waals surface area contributed by atoms with Crippen LogP contribution in [0.5, 0.6) is 5.75 Å². The minimum atomic E-state index is 0.363. The number of nitrogens with two attached hydrogens (primary N) is 1. The second-order valence-corrected chi connectivity index (χ2v) is 4.35. The van der Waals surface area contributed by atoms with Crippen molar-refractivity contribution in [3.05, 3.63) is 42.0 Å². The average Bonchev–Trinajstić information content (AvgIpc) is 2.92. The van der Waals surface area contributed by atoms with Gasteiger partial charge < -0.3 is 15.0 Å². The first-order chi connectivity index (χ1) is 8.29. The fraction of sp³-hybridized carbons (Fsp3) is 0.308. The number of aryl methyl sites for hydroxylation is 1. The number of nitrogen functional groups attached to an aromatic ring is 1. The van der Waals surface area contributed by atoms with E-state index in [-0.39, 0.29) is 0 Å². The zero-order valence-electron chi connectivity index (χ0n) is 9.76. The Morgan fingerprint density at radius 2 is 2.35 bits per heavy atom. The van der Waals surface area contributed by atoms with Crippen molar-refractivity contribution in [1.29, 1.82) is 0 Å². The third-order valence-electron chi connectivity index (χ3n) is 3.40. The van der Waals surface area contributed by atoms with Crippen molar-refractivity contribution in [3.63, 3.8) is 0 Å². The van der Waals surface area contributed by atoms with Crippen LogP contribution in [0.3, 0.4) is 0 Å². The number of ether oxygens (including phenoxy) is 1. The van der Waals surface area contributed by atoms with Crippen LogP contribution < -0.4 is 10.5 Å². The van der Waals surface area contributed by atoms with Crippen LogP contribution in [-0.4, -0.2) is 16.7 Å². The number of fused-ring (bicyclic) bond motifs is 1. The van der Waals surface area contributed by atoms with E-state index >= 15 is 0 Å². The molecule has 0 saturated heterocycles. The summed E-state index contributed by atoms with van der Waals surface area (Å²) in [6.45, 7) is 0. The molecule has 1 unspecified atom stereocenters.